The van der Waals surface area contributed by atoms with Crippen LogP contribution in [0.4, 0.5) is 0 Å². The summed E-state index contributed by atoms with van der Waals surface area (Å²) >= 11 is 13.5. The smallest absolute Gasteiger partial charge is 0.0836 e. The summed E-state index contributed by atoms with van der Waals surface area (Å²) in [5.74, 6) is 0. The minimum Gasteiger partial charge on any atom is -0.113 e. The predicted molar refractivity (Wildman–Crippen MR) is 85.4 cm³/mol. The van der Waals surface area contributed by atoms with Gasteiger partial charge < -0.3 is 0 Å². The molecule has 0 N–H and O–H groups in total. The lowest BCUT2D eigenvalue weighted by molar-refractivity contribution is 1.10. The molecular formula is C15H13Br2Cl. The summed E-state index contributed by atoms with van der Waals surface area (Å²) in [6, 6.07) is 14.6. The van der Waals surface area contributed by atoms with Crippen LogP contribution in [0.25, 0.3) is 0 Å². The largest absolute Gasteiger partial charge is 0.113 e. The topological polar surface area (TPSA) is 0 Å². The molecule has 94 valence electrons. The van der Waals surface area contributed by atoms with Crippen molar-refractivity contribution in [3.8, 4) is 0 Å². The molecule has 0 aliphatic rings. The average Bonchev–Trinajstić information content (AvgIpc) is 2.37. The van der Waals surface area contributed by atoms with Gasteiger partial charge in [0.1, 0.15) is 0 Å². The van der Waals surface area contributed by atoms with Crippen LogP contribution in [0.2, 0.25) is 0 Å². The Morgan fingerprint density at radius 3 is 2.00 bits per heavy atom. The Balaban J connectivity index is 2.31. The third-order valence-corrected chi connectivity index (χ3v) is 4.28. The first-order chi connectivity index (χ1) is 8.60. The molecule has 0 spiro atoms. The Labute approximate surface area is 130 Å². The molecule has 0 radical (unpaired) electrons. The molecule has 0 amide bonds. The molecule has 0 aliphatic heterocycles. The minimum atomic E-state index is -0.121. The van der Waals surface area contributed by atoms with Crippen molar-refractivity contribution < 1.29 is 0 Å². The van der Waals surface area contributed by atoms with E-state index in [0.29, 0.717) is 0 Å². The molecule has 0 aliphatic carbocycles. The molecule has 0 nitrogen and oxygen atoms in total. The maximum atomic E-state index is 6.53. The van der Waals surface area contributed by atoms with Gasteiger partial charge in [0.15, 0.2) is 0 Å². The second-order valence-corrected chi connectivity index (χ2v) is 6.43. The van der Waals surface area contributed by atoms with Crippen molar-refractivity contribution in [3.63, 3.8) is 0 Å². The Morgan fingerprint density at radius 1 is 0.944 bits per heavy atom. The van der Waals surface area contributed by atoms with Gasteiger partial charge in [-0.25, -0.2) is 0 Å². The number of alkyl halides is 1. The maximum absolute atomic E-state index is 6.53. The average molecular weight is 389 g/mol. The third-order valence-electron chi connectivity index (χ3n) is 2.86. The van der Waals surface area contributed by atoms with Crippen LogP contribution in [0.5, 0.6) is 0 Å². The van der Waals surface area contributed by atoms with Crippen molar-refractivity contribution in [3.05, 3.63) is 68.1 Å². The van der Waals surface area contributed by atoms with Crippen LogP contribution in [0, 0.1) is 0 Å². The summed E-state index contributed by atoms with van der Waals surface area (Å²) in [5.41, 5.74) is 3.54. The van der Waals surface area contributed by atoms with E-state index in [1.165, 1.54) is 5.56 Å². The van der Waals surface area contributed by atoms with Gasteiger partial charge in [0.25, 0.3) is 0 Å². The second kappa shape index (κ2) is 6.23. The molecule has 3 heteroatoms. The van der Waals surface area contributed by atoms with Crippen LogP contribution in [0.3, 0.4) is 0 Å². The third kappa shape index (κ3) is 3.37. The van der Waals surface area contributed by atoms with E-state index in [0.717, 1.165) is 26.5 Å². The van der Waals surface area contributed by atoms with Crippen LogP contribution in [0.1, 0.15) is 29.0 Å². The molecule has 0 bridgehead atoms. The van der Waals surface area contributed by atoms with Gasteiger partial charge in [-0.05, 0) is 41.3 Å². The molecule has 2 aromatic rings. The molecule has 0 aromatic heterocycles. The highest BCUT2D eigenvalue weighted by Crippen LogP contribution is 2.32. The zero-order valence-corrected chi connectivity index (χ0v) is 13.9. The van der Waals surface area contributed by atoms with E-state index in [-0.39, 0.29) is 5.38 Å². The van der Waals surface area contributed by atoms with Gasteiger partial charge in [0, 0.05) is 8.95 Å². The quantitative estimate of drug-likeness (QED) is 0.557. The Kier molecular flexibility index (Phi) is 4.88. The minimum absolute atomic E-state index is 0.121. The first kappa shape index (κ1) is 14.1. The number of aryl methyl sites for hydroxylation is 1. The highest BCUT2D eigenvalue weighted by Gasteiger charge is 2.11. The summed E-state index contributed by atoms with van der Waals surface area (Å²) in [7, 11) is 0. The standard InChI is InChI=1S/C15H13Br2Cl/c1-2-10-3-5-11(6-4-10)15(18)12-7-13(16)9-14(17)8-12/h3-9,15H,2H2,1H3. The lowest BCUT2D eigenvalue weighted by Crippen LogP contribution is -1.94. The molecule has 0 saturated carbocycles. The highest BCUT2D eigenvalue weighted by molar-refractivity contribution is 9.11. The van der Waals surface area contributed by atoms with Gasteiger partial charge in [-0.3, -0.25) is 0 Å². The fourth-order valence-electron chi connectivity index (χ4n) is 1.84. The van der Waals surface area contributed by atoms with E-state index in [1.54, 1.807) is 0 Å². The van der Waals surface area contributed by atoms with Crippen molar-refractivity contribution in [2.24, 2.45) is 0 Å². The van der Waals surface area contributed by atoms with Crippen LogP contribution in [0.15, 0.2) is 51.4 Å². The lowest BCUT2D eigenvalue weighted by Gasteiger charge is -2.12. The van der Waals surface area contributed by atoms with Gasteiger partial charge >= 0.3 is 0 Å². The zero-order valence-electron chi connectivity index (χ0n) is 9.96. The van der Waals surface area contributed by atoms with Gasteiger partial charge in [0.05, 0.1) is 5.38 Å². The van der Waals surface area contributed by atoms with Crippen LogP contribution >= 0.6 is 43.5 Å². The summed E-state index contributed by atoms with van der Waals surface area (Å²) in [6.07, 6.45) is 1.05. The molecule has 18 heavy (non-hydrogen) atoms. The van der Waals surface area contributed by atoms with E-state index in [1.807, 2.05) is 6.07 Å². The molecule has 0 heterocycles. The molecule has 0 saturated heterocycles. The first-order valence-corrected chi connectivity index (χ1v) is 7.81. The van der Waals surface area contributed by atoms with E-state index in [9.17, 15) is 0 Å². The number of halogens is 3. The molecule has 2 rings (SSSR count). The number of benzene rings is 2. The number of hydrogen-bond donors (Lipinski definition) is 0. The Morgan fingerprint density at radius 2 is 1.50 bits per heavy atom. The van der Waals surface area contributed by atoms with E-state index < -0.39 is 0 Å². The van der Waals surface area contributed by atoms with Crippen LogP contribution < -0.4 is 0 Å². The molecular weight excluding hydrogens is 375 g/mol. The summed E-state index contributed by atoms with van der Waals surface area (Å²) in [5, 5.41) is -0.121. The monoisotopic (exact) mass is 386 g/mol. The van der Waals surface area contributed by atoms with Crippen LogP contribution in [-0.2, 0) is 6.42 Å². The summed E-state index contributed by atoms with van der Waals surface area (Å²) in [4.78, 5) is 0. The fraction of sp³-hybridized carbons (Fsp3) is 0.200. The van der Waals surface area contributed by atoms with Crippen molar-refractivity contribution in [1.29, 1.82) is 0 Å². The van der Waals surface area contributed by atoms with E-state index in [4.69, 9.17) is 11.6 Å². The van der Waals surface area contributed by atoms with Gasteiger partial charge in [-0.15, -0.1) is 11.6 Å². The second-order valence-electron chi connectivity index (χ2n) is 4.16. The van der Waals surface area contributed by atoms with Gasteiger partial charge in [-0.1, -0.05) is 63.0 Å². The number of hydrogen-bond acceptors (Lipinski definition) is 0. The van der Waals surface area contributed by atoms with Gasteiger partial charge in [-0.2, -0.15) is 0 Å². The fourth-order valence-corrected chi connectivity index (χ4v) is 3.44. The highest BCUT2D eigenvalue weighted by atomic mass is 79.9. The summed E-state index contributed by atoms with van der Waals surface area (Å²) < 4.78 is 2.06. The van der Waals surface area contributed by atoms with Gasteiger partial charge in [0.2, 0.25) is 0 Å². The normalized spacial score (nSPS) is 12.4. The van der Waals surface area contributed by atoms with Crippen molar-refractivity contribution in [1.82, 2.24) is 0 Å². The molecule has 1 atom stereocenters. The van der Waals surface area contributed by atoms with E-state index in [2.05, 4.69) is 75.2 Å². The van der Waals surface area contributed by atoms with E-state index >= 15 is 0 Å². The summed E-state index contributed by atoms with van der Waals surface area (Å²) in [6.45, 7) is 2.15. The Hall–Kier alpha value is -0.310. The lowest BCUT2D eigenvalue weighted by atomic mass is 10.0. The Bertz CT molecular complexity index is 514. The SMILES string of the molecule is CCc1ccc(C(Cl)c2cc(Br)cc(Br)c2)cc1. The van der Waals surface area contributed by atoms with Crippen LogP contribution in [-0.4, -0.2) is 0 Å². The molecule has 1 unspecified atom stereocenters. The van der Waals surface area contributed by atoms with Crippen molar-refractivity contribution in [2.75, 3.05) is 0 Å². The molecule has 2 aromatic carbocycles. The predicted octanol–water partition coefficient (Wildman–Crippen LogP) is 6.10. The van der Waals surface area contributed by atoms with Crippen molar-refractivity contribution in [2.45, 2.75) is 18.7 Å². The zero-order chi connectivity index (χ0) is 13.1. The number of rotatable bonds is 3. The molecule has 0 fully saturated rings. The maximum Gasteiger partial charge on any atom is 0.0836 e. The van der Waals surface area contributed by atoms with Crippen molar-refractivity contribution >= 4 is 43.5 Å². The first-order valence-electron chi connectivity index (χ1n) is 5.79.